The standard InChI is InChI=1S/C14H18N2O2/c1-13(2)10-5-11(17)16(4)8-14(10,3)6-9(7-15)12(13)18/h6,10H,5,8H2,1-4H3/t10-,14+/m1/s1. The first-order chi connectivity index (χ1) is 8.22. The molecule has 0 radical (unpaired) electrons. The van der Waals surface area contributed by atoms with Crippen molar-refractivity contribution in [3.8, 4) is 6.07 Å². The molecule has 1 amide bonds. The van der Waals surface area contributed by atoms with Gasteiger partial charge in [-0.25, -0.2) is 0 Å². The van der Waals surface area contributed by atoms with Crippen molar-refractivity contribution in [1.82, 2.24) is 4.90 Å². The second kappa shape index (κ2) is 3.68. The van der Waals surface area contributed by atoms with Gasteiger partial charge in [-0.1, -0.05) is 26.8 Å². The molecule has 1 aliphatic heterocycles. The lowest BCUT2D eigenvalue weighted by molar-refractivity contribution is -0.146. The Morgan fingerprint density at radius 3 is 2.56 bits per heavy atom. The van der Waals surface area contributed by atoms with Crippen LogP contribution in [0.4, 0.5) is 0 Å². The fraction of sp³-hybridized carbons (Fsp3) is 0.643. The summed E-state index contributed by atoms with van der Waals surface area (Å²) in [5.41, 5.74) is -0.696. The third-order valence-corrected chi connectivity index (χ3v) is 4.47. The summed E-state index contributed by atoms with van der Waals surface area (Å²) in [4.78, 5) is 25.8. The molecule has 0 bridgehead atoms. The summed E-state index contributed by atoms with van der Waals surface area (Å²) in [6.07, 6.45) is 2.15. The lowest BCUT2D eigenvalue weighted by Gasteiger charge is -2.51. The third-order valence-electron chi connectivity index (χ3n) is 4.47. The number of piperidine rings is 1. The van der Waals surface area contributed by atoms with Gasteiger partial charge in [0.2, 0.25) is 5.91 Å². The van der Waals surface area contributed by atoms with Gasteiger partial charge in [-0.05, 0) is 5.92 Å². The van der Waals surface area contributed by atoms with Crippen LogP contribution in [0.1, 0.15) is 27.2 Å². The molecular weight excluding hydrogens is 228 g/mol. The average Bonchev–Trinajstić information content (AvgIpc) is 2.28. The number of Topliss-reactive ketones (excluding diaryl/α,β-unsaturated/α-hetero) is 1. The van der Waals surface area contributed by atoms with Crippen molar-refractivity contribution in [3.63, 3.8) is 0 Å². The topological polar surface area (TPSA) is 61.2 Å². The van der Waals surface area contributed by atoms with Crippen LogP contribution in [0.3, 0.4) is 0 Å². The highest BCUT2D eigenvalue weighted by Gasteiger charge is 2.54. The Kier molecular flexibility index (Phi) is 2.62. The molecular formula is C14H18N2O2. The smallest absolute Gasteiger partial charge is 0.222 e. The van der Waals surface area contributed by atoms with Crippen molar-refractivity contribution in [2.45, 2.75) is 27.2 Å². The highest BCUT2D eigenvalue weighted by Crippen LogP contribution is 2.51. The first-order valence-electron chi connectivity index (χ1n) is 6.14. The Labute approximate surface area is 107 Å². The number of amides is 1. The minimum absolute atomic E-state index is 0.0294. The van der Waals surface area contributed by atoms with Gasteiger partial charge in [0, 0.05) is 30.8 Å². The van der Waals surface area contributed by atoms with E-state index in [0.29, 0.717) is 13.0 Å². The third kappa shape index (κ3) is 1.58. The molecule has 1 fully saturated rings. The lowest BCUT2D eigenvalue weighted by Crippen LogP contribution is -2.56. The van der Waals surface area contributed by atoms with Gasteiger partial charge in [0.1, 0.15) is 6.07 Å². The summed E-state index contributed by atoms with van der Waals surface area (Å²) in [6.45, 7) is 6.30. The number of carbonyl (C=O) groups is 2. The molecule has 18 heavy (non-hydrogen) atoms. The molecule has 0 aromatic rings. The zero-order valence-corrected chi connectivity index (χ0v) is 11.3. The van der Waals surface area contributed by atoms with Crippen LogP contribution in [-0.4, -0.2) is 30.2 Å². The van der Waals surface area contributed by atoms with Crippen molar-refractivity contribution < 1.29 is 9.59 Å². The average molecular weight is 246 g/mol. The molecule has 1 heterocycles. The van der Waals surface area contributed by atoms with Gasteiger partial charge in [0.25, 0.3) is 0 Å². The quantitative estimate of drug-likeness (QED) is 0.651. The van der Waals surface area contributed by atoms with E-state index in [-0.39, 0.29) is 28.6 Å². The van der Waals surface area contributed by atoms with E-state index in [1.807, 2.05) is 26.8 Å². The van der Waals surface area contributed by atoms with E-state index in [0.717, 1.165) is 0 Å². The van der Waals surface area contributed by atoms with Gasteiger partial charge in [0.05, 0.1) is 5.57 Å². The predicted molar refractivity (Wildman–Crippen MR) is 66.3 cm³/mol. The van der Waals surface area contributed by atoms with Crippen LogP contribution in [-0.2, 0) is 9.59 Å². The van der Waals surface area contributed by atoms with E-state index < -0.39 is 5.41 Å². The first-order valence-corrected chi connectivity index (χ1v) is 6.14. The normalized spacial score (nSPS) is 34.7. The van der Waals surface area contributed by atoms with Crippen molar-refractivity contribution >= 4 is 11.7 Å². The predicted octanol–water partition coefficient (Wildman–Crippen LogP) is 1.53. The molecule has 0 aromatic carbocycles. The number of hydrogen-bond acceptors (Lipinski definition) is 3. The number of hydrogen-bond donors (Lipinski definition) is 0. The highest BCUT2D eigenvalue weighted by atomic mass is 16.2. The number of likely N-dealkylation sites (tertiary alicyclic amines) is 1. The maximum Gasteiger partial charge on any atom is 0.222 e. The molecule has 1 aliphatic carbocycles. The fourth-order valence-electron chi connectivity index (χ4n) is 3.48. The summed E-state index contributed by atoms with van der Waals surface area (Å²) >= 11 is 0. The molecule has 0 N–H and O–H groups in total. The fourth-order valence-corrected chi connectivity index (χ4v) is 3.48. The first kappa shape index (κ1) is 12.8. The van der Waals surface area contributed by atoms with E-state index in [9.17, 15) is 9.59 Å². The van der Waals surface area contributed by atoms with Gasteiger partial charge >= 0.3 is 0 Å². The molecule has 2 rings (SSSR count). The number of rotatable bonds is 0. The molecule has 0 aromatic heterocycles. The van der Waals surface area contributed by atoms with Crippen LogP contribution in [0.5, 0.6) is 0 Å². The second-order valence-electron chi connectivity index (χ2n) is 6.23. The molecule has 2 atom stereocenters. The van der Waals surface area contributed by atoms with E-state index >= 15 is 0 Å². The monoisotopic (exact) mass is 246 g/mol. The molecule has 96 valence electrons. The van der Waals surface area contributed by atoms with Crippen molar-refractivity contribution in [1.29, 1.82) is 5.26 Å². The summed E-state index contributed by atoms with van der Waals surface area (Å²) in [6, 6.07) is 2.00. The Morgan fingerprint density at radius 1 is 1.39 bits per heavy atom. The summed E-state index contributed by atoms with van der Waals surface area (Å²) in [5, 5.41) is 9.10. The maximum atomic E-state index is 12.2. The van der Waals surface area contributed by atoms with Crippen LogP contribution < -0.4 is 0 Å². The Morgan fingerprint density at radius 2 is 2.00 bits per heavy atom. The van der Waals surface area contributed by atoms with E-state index in [1.54, 1.807) is 18.0 Å². The number of fused-ring (bicyclic) bond motifs is 1. The molecule has 0 saturated carbocycles. The summed E-state index contributed by atoms with van der Waals surface area (Å²) in [5.74, 6) is -0.0877. The van der Waals surface area contributed by atoms with E-state index in [1.165, 1.54) is 0 Å². The second-order valence-corrected chi connectivity index (χ2v) is 6.23. The van der Waals surface area contributed by atoms with Gasteiger partial charge < -0.3 is 4.90 Å². The van der Waals surface area contributed by atoms with Crippen LogP contribution >= 0.6 is 0 Å². The van der Waals surface area contributed by atoms with Crippen LogP contribution in [0.2, 0.25) is 0 Å². The molecule has 4 heteroatoms. The van der Waals surface area contributed by atoms with Gasteiger partial charge in [-0.15, -0.1) is 0 Å². The van der Waals surface area contributed by atoms with Crippen molar-refractivity contribution in [2.24, 2.45) is 16.7 Å². The van der Waals surface area contributed by atoms with Crippen LogP contribution in [0.25, 0.3) is 0 Å². The lowest BCUT2D eigenvalue weighted by atomic mass is 9.55. The highest BCUT2D eigenvalue weighted by molar-refractivity contribution is 6.04. The Balaban J connectivity index is 2.56. The van der Waals surface area contributed by atoms with E-state index in [2.05, 4.69) is 0 Å². The summed E-state index contributed by atoms with van der Waals surface area (Å²) < 4.78 is 0. The SMILES string of the molecule is CN1C[C@]2(C)C=C(C#N)C(=O)C(C)(C)[C@H]2CC1=O. The maximum absolute atomic E-state index is 12.2. The molecule has 0 unspecified atom stereocenters. The van der Waals surface area contributed by atoms with Crippen molar-refractivity contribution in [2.75, 3.05) is 13.6 Å². The minimum Gasteiger partial charge on any atom is -0.345 e. The number of allylic oxidation sites excluding steroid dienone is 1. The van der Waals surface area contributed by atoms with Crippen molar-refractivity contribution in [3.05, 3.63) is 11.6 Å². The largest absolute Gasteiger partial charge is 0.345 e. The Hall–Kier alpha value is -1.63. The van der Waals surface area contributed by atoms with Gasteiger partial charge in [0.15, 0.2) is 5.78 Å². The molecule has 2 aliphatic rings. The number of ketones is 1. The molecule has 1 saturated heterocycles. The number of nitriles is 1. The zero-order valence-electron chi connectivity index (χ0n) is 11.3. The van der Waals surface area contributed by atoms with Crippen LogP contribution in [0, 0.1) is 28.1 Å². The molecule has 0 spiro atoms. The summed E-state index contributed by atoms with van der Waals surface area (Å²) in [7, 11) is 1.77. The van der Waals surface area contributed by atoms with Crippen LogP contribution in [0.15, 0.2) is 11.6 Å². The number of carbonyl (C=O) groups excluding carboxylic acids is 2. The zero-order chi connectivity index (χ0) is 13.7. The Bertz CT molecular complexity index is 498. The van der Waals surface area contributed by atoms with Gasteiger partial charge in [-0.2, -0.15) is 5.26 Å². The van der Waals surface area contributed by atoms with E-state index in [4.69, 9.17) is 5.26 Å². The van der Waals surface area contributed by atoms with Gasteiger partial charge in [-0.3, -0.25) is 9.59 Å². The molecule has 4 nitrogen and oxygen atoms in total. The minimum atomic E-state index is -0.647. The number of nitrogens with zero attached hydrogens (tertiary/aromatic N) is 2.